The first-order chi connectivity index (χ1) is 18.9. The Balaban J connectivity index is 0.000000320. The number of rotatable bonds is 12. The second-order valence-electron chi connectivity index (χ2n) is 9.47. The number of ether oxygens (including phenoxy) is 1. The molecule has 4 aromatic rings. The van der Waals surface area contributed by atoms with Gasteiger partial charge in [-0.05, 0) is 68.5 Å². The number of hydrogen-bond donors (Lipinski definition) is 1. The van der Waals surface area contributed by atoms with Gasteiger partial charge >= 0.3 is 5.97 Å². The zero-order valence-corrected chi connectivity index (χ0v) is 22.9. The summed E-state index contributed by atoms with van der Waals surface area (Å²) >= 11 is 0. The maximum atomic E-state index is 11.2. The SMILES string of the molecule is CCC(Cc1ccc(OCCc2nc(-c3ccccc3)oc2C)cc1)C(=O)O.Cc1ccc(CCC=O)cc1. The summed E-state index contributed by atoms with van der Waals surface area (Å²) in [6.45, 7) is 6.36. The minimum absolute atomic E-state index is 0.347. The van der Waals surface area contributed by atoms with Gasteiger partial charge in [-0.2, -0.15) is 0 Å². The van der Waals surface area contributed by atoms with Gasteiger partial charge in [0.25, 0.3) is 0 Å². The minimum atomic E-state index is -0.749. The highest BCUT2D eigenvalue weighted by Crippen LogP contribution is 2.22. The molecule has 0 bridgehead atoms. The Morgan fingerprint density at radius 1 is 0.949 bits per heavy atom. The van der Waals surface area contributed by atoms with Gasteiger partial charge in [0.1, 0.15) is 17.8 Å². The van der Waals surface area contributed by atoms with Crippen LogP contribution in [0.15, 0.2) is 83.3 Å². The van der Waals surface area contributed by atoms with E-state index < -0.39 is 5.97 Å². The summed E-state index contributed by atoms with van der Waals surface area (Å²) in [5, 5.41) is 9.17. The smallest absolute Gasteiger partial charge is 0.306 e. The lowest BCUT2D eigenvalue weighted by atomic mass is 9.97. The fourth-order valence-electron chi connectivity index (χ4n) is 4.02. The number of nitrogens with zero attached hydrogens (tertiary/aromatic N) is 1. The third-order valence-electron chi connectivity index (χ3n) is 6.44. The van der Waals surface area contributed by atoms with Gasteiger partial charge in [-0.3, -0.25) is 4.79 Å². The van der Waals surface area contributed by atoms with Crippen LogP contribution in [0.4, 0.5) is 0 Å². The standard InChI is InChI=1S/C23H25NO4.C10H12O/c1-3-18(23(25)26)15-17-9-11-20(12-10-17)27-14-13-21-16(2)28-22(24-21)19-7-5-4-6-8-19;1-9-4-6-10(7-5-9)3-2-8-11/h4-12,18H,3,13-15H2,1-2H3,(H,25,26);4-8H,2-3H2,1H3. The molecular formula is C33H37NO5. The van der Waals surface area contributed by atoms with E-state index >= 15 is 0 Å². The lowest BCUT2D eigenvalue weighted by Crippen LogP contribution is -2.15. The molecule has 6 nitrogen and oxygen atoms in total. The van der Waals surface area contributed by atoms with Crippen LogP contribution in [-0.4, -0.2) is 29.0 Å². The number of benzene rings is 3. The molecule has 0 radical (unpaired) electrons. The molecule has 0 aliphatic heterocycles. The summed E-state index contributed by atoms with van der Waals surface area (Å²) in [7, 11) is 0. The molecule has 39 heavy (non-hydrogen) atoms. The molecule has 0 saturated carbocycles. The molecule has 0 aliphatic carbocycles. The van der Waals surface area contributed by atoms with Crippen molar-refractivity contribution in [3.05, 3.63) is 107 Å². The highest BCUT2D eigenvalue weighted by Gasteiger charge is 2.15. The Labute approximate surface area is 230 Å². The fourth-order valence-corrected chi connectivity index (χ4v) is 4.02. The molecule has 0 amide bonds. The Hall–Kier alpha value is -4.19. The molecule has 6 heteroatoms. The van der Waals surface area contributed by atoms with E-state index in [0.29, 0.717) is 38.2 Å². The third kappa shape index (κ3) is 9.56. The highest BCUT2D eigenvalue weighted by atomic mass is 16.5. The zero-order chi connectivity index (χ0) is 28.0. The number of aldehydes is 1. The number of hydrogen-bond acceptors (Lipinski definition) is 5. The molecule has 0 saturated heterocycles. The summed E-state index contributed by atoms with van der Waals surface area (Å²) in [6.07, 6.45) is 4.26. The number of carboxylic acid groups (broad SMARTS) is 1. The summed E-state index contributed by atoms with van der Waals surface area (Å²) < 4.78 is 11.6. The van der Waals surface area contributed by atoms with Gasteiger partial charge in [0.05, 0.1) is 18.2 Å². The lowest BCUT2D eigenvalue weighted by Gasteiger charge is -2.10. The van der Waals surface area contributed by atoms with E-state index in [2.05, 4.69) is 36.2 Å². The first-order valence-electron chi connectivity index (χ1n) is 13.3. The summed E-state index contributed by atoms with van der Waals surface area (Å²) in [5.41, 5.74) is 5.35. The van der Waals surface area contributed by atoms with Crippen LogP contribution in [0.1, 0.15) is 47.9 Å². The predicted molar refractivity (Wildman–Crippen MR) is 153 cm³/mol. The lowest BCUT2D eigenvalue weighted by molar-refractivity contribution is -0.141. The summed E-state index contributed by atoms with van der Waals surface area (Å²) in [4.78, 5) is 25.8. The number of aromatic nitrogens is 1. The molecule has 204 valence electrons. The van der Waals surface area contributed by atoms with Crippen molar-refractivity contribution < 1.29 is 23.8 Å². The van der Waals surface area contributed by atoms with Crippen LogP contribution >= 0.6 is 0 Å². The molecule has 3 aromatic carbocycles. The zero-order valence-electron chi connectivity index (χ0n) is 22.9. The largest absolute Gasteiger partial charge is 0.493 e. The highest BCUT2D eigenvalue weighted by molar-refractivity contribution is 5.70. The van der Waals surface area contributed by atoms with Gasteiger partial charge in [-0.25, -0.2) is 4.98 Å². The van der Waals surface area contributed by atoms with Crippen molar-refractivity contribution in [1.29, 1.82) is 0 Å². The van der Waals surface area contributed by atoms with Gasteiger partial charge < -0.3 is 19.1 Å². The molecule has 0 fully saturated rings. The Bertz CT molecular complexity index is 1290. The topological polar surface area (TPSA) is 89.6 Å². The number of oxazole rings is 1. The number of aliphatic carboxylic acids is 1. The van der Waals surface area contributed by atoms with Gasteiger partial charge in [0.15, 0.2) is 0 Å². The Morgan fingerprint density at radius 3 is 2.23 bits per heavy atom. The molecule has 4 rings (SSSR count). The average molecular weight is 528 g/mol. The van der Waals surface area contributed by atoms with E-state index in [1.54, 1.807) is 0 Å². The molecule has 1 N–H and O–H groups in total. The molecule has 1 aromatic heterocycles. The molecule has 0 spiro atoms. The average Bonchev–Trinajstić information content (AvgIpc) is 3.33. The monoisotopic (exact) mass is 527 g/mol. The van der Waals surface area contributed by atoms with E-state index in [9.17, 15) is 14.7 Å². The van der Waals surface area contributed by atoms with Crippen molar-refractivity contribution in [2.45, 2.75) is 52.9 Å². The van der Waals surface area contributed by atoms with Crippen LogP contribution in [-0.2, 0) is 28.9 Å². The predicted octanol–water partition coefficient (Wildman–Crippen LogP) is 7.05. The van der Waals surface area contributed by atoms with E-state index in [1.807, 2.05) is 68.4 Å². The van der Waals surface area contributed by atoms with Crippen molar-refractivity contribution in [3.63, 3.8) is 0 Å². The number of aryl methyl sites for hydroxylation is 3. The van der Waals surface area contributed by atoms with E-state index in [4.69, 9.17) is 9.15 Å². The Morgan fingerprint density at radius 2 is 1.62 bits per heavy atom. The van der Waals surface area contributed by atoms with Gasteiger partial charge in [0, 0.05) is 18.4 Å². The molecule has 1 atom stereocenters. The Kier molecular flexibility index (Phi) is 11.5. The van der Waals surface area contributed by atoms with Crippen LogP contribution in [0.5, 0.6) is 5.75 Å². The number of carbonyl (C=O) groups is 2. The van der Waals surface area contributed by atoms with Gasteiger partial charge in [0.2, 0.25) is 5.89 Å². The van der Waals surface area contributed by atoms with E-state index in [0.717, 1.165) is 41.0 Å². The first-order valence-corrected chi connectivity index (χ1v) is 13.3. The third-order valence-corrected chi connectivity index (χ3v) is 6.44. The van der Waals surface area contributed by atoms with E-state index in [-0.39, 0.29) is 5.92 Å². The van der Waals surface area contributed by atoms with Crippen molar-refractivity contribution in [2.75, 3.05) is 6.61 Å². The second-order valence-corrected chi connectivity index (χ2v) is 9.47. The maximum absolute atomic E-state index is 11.2. The summed E-state index contributed by atoms with van der Waals surface area (Å²) in [6, 6.07) is 25.7. The fraction of sp³-hybridized carbons (Fsp3) is 0.303. The number of carboxylic acids is 1. The number of carbonyl (C=O) groups excluding carboxylic acids is 1. The van der Waals surface area contributed by atoms with Crippen LogP contribution in [0, 0.1) is 19.8 Å². The normalized spacial score (nSPS) is 11.3. The molecule has 0 aliphatic rings. The van der Waals surface area contributed by atoms with Crippen molar-refractivity contribution in [3.8, 4) is 17.2 Å². The van der Waals surface area contributed by atoms with Crippen LogP contribution in [0.2, 0.25) is 0 Å². The minimum Gasteiger partial charge on any atom is -0.493 e. The van der Waals surface area contributed by atoms with Gasteiger partial charge in [-0.15, -0.1) is 0 Å². The summed E-state index contributed by atoms with van der Waals surface area (Å²) in [5.74, 6) is 1.09. The van der Waals surface area contributed by atoms with E-state index in [1.165, 1.54) is 11.1 Å². The van der Waals surface area contributed by atoms with Crippen molar-refractivity contribution in [1.82, 2.24) is 4.98 Å². The van der Waals surface area contributed by atoms with Crippen LogP contribution < -0.4 is 4.74 Å². The maximum Gasteiger partial charge on any atom is 0.306 e. The second kappa shape index (κ2) is 15.3. The van der Waals surface area contributed by atoms with Crippen LogP contribution in [0.3, 0.4) is 0 Å². The molecular weight excluding hydrogens is 490 g/mol. The van der Waals surface area contributed by atoms with Gasteiger partial charge in [-0.1, -0.05) is 67.1 Å². The molecule has 1 heterocycles. The quantitative estimate of drug-likeness (QED) is 0.199. The molecule has 1 unspecified atom stereocenters. The first kappa shape index (κ1) is 29.4. The van der Waals surface area contributed by atoms with Crippen molar-refractivity contribution >= 4 is 12.3 Å². The van der Waals surface area contributed by atoms with Crippen molar-refractivity contribution in [2.24, 2.45) is 5.92 Å². The van der Waals surface area contributed by atoms with Crippen LogP contribution in [0.25, 0.3) is 11.5 Å².